The van der Waals surface area contributed by atoms with E-state index in [9.17, 15) is 19.5 Å². The van der Waals surface area contributed by atoms with Gasteiger partial charge in [0.2, 0.25) is 0 Å². The van der Waals surface area contributed by atoms with Crippen molar-refractivity contribution in [3.05, 3.63) is 26.8 Å². The van der Waals surface area contributed by atoms with Crippen molar-refractivity contribution >= 4 is 46.5 Å². The number of urea groups is 1. The van der Waals surface area contributed by atoms with Crippen LogP contribution in [0, 0.1) is 3.57 Å². The molecule has 0 bridgehead atoms. The lowest BCUT2D eigenvalue weighted by Gasteiger charge is -2.32. The van der Waals surface area contributed by atoms with Gasteiger partial charge in [0.15, 0.2) is 11.5 Å². The summed E-state index contributed by atoms with van der Waals surface area (Å²) in [6.07, 6.45) is 1.41. The minimum absolute atomic E-state index is 0.0119. The summed E-state index contributed by atoms with van der Waals surface area (Å²) in [7, 11) is 1.41. The van der Waals surface area contributed by atoms with Crippen LogP contribution in [0.25, 0.3) is 6.08 Å². The fourth-order valence-electron chi connectivity index (χ4n) is 2.38. The van der Waals surface area contributed by atoms with E-state index in [2.05, 4.69) is 0 Å². The van der Waals surface area contributed by atoms with Crippen LogP contribution in [0.3, 0.4) is 0 Å². The number of phenols is 1. The summed E-state index contributed by atoms with van der Waals surface area (Å²) in [5.41, 5.74) is 0.425. The number of benzene rings is 1. The molecule has 0 aromatic heterocycles. The number of nitrogens with zero attached hydrogens (tertiary/aromatic N) is 2. The van der Waals surface area contributed by atoms with E-state index in [1.165, 1.54) is 19.3 Å². The molecule has 0 spiro atoms. The minimum Gasteiger partial charge on any atom is -0.504 e. The molecule has 1 fully saturated rings. The molecular formula is C16H17IN2O5. The molecule has 1 aromatic carbocycles. The topological polar surface area (TPSA) is 87.2 Å². The van der Waals surface area contributed by atoms with Crippen LogP contribution in [0.2, 0.25) is 0 Å². The Morgan fingerprint density at radius 3 is 2.12 bits per heavy atom. The van der Waals surface area contributed by atoms with E-state index in [-0.39, 0.29) is 30.2 Å². The molecule has 0 unspecified atom stereocenters. The van der Waals surface area contributed by atoms with Crippen molar-refractivity contribution in [3.8, 4) is 11.5 Å². The number of methoxy groups -OCH3 is 1. The van der Waals surface area contributed by atoms with Crippen molar-refractivity contribution in [3.63, 3.8) is 0 Å². The lowest BCUT2D eigenvalue weighted by Crippen LogP contribution is -2.56. The summed E-state index contributed by atoms with van der Waals surface area (Å²) in [6, 6.07) is 2.54. The predicted octanol–water partition coefficient (Wildman–Crippen LogP) is 2.22. The number of ether oxygens (including phenoxy) is 1. The lowest BCUT2D eigenvalue weighted by molar-refractivity contribution is -0.135. The van der Waals surface area contributed by atoms with Gasteiger partial charge in [-0.2, -0.15) is 0 Å². The van der Waals surface area contributed by atoms with Crippen molar-refractivity contribution in [2.45, 2.75) is 13.8 Å². The molecule has 0 saturated carbocycles. The van der Waals surface area contributed by atoms with Crippen LogP contribution >= 0.6 is 22.6 Å². The zero-order valence-electron chi connectivity index (χ0n) is 13.5. The first-order chi connectivity index (χ1) is 11.3. The molecule has 2 rings (SSSR count). The van der Waals surface area contributed by atoms with Gasteiger partial charge in [0.05, 0.1) is 10.7 Å². The third kappa shape index (κ3) is 3.10. The van der Waals surface area contributed by atoms with Crippen LogP contribution in [0.5, 0.6) is 11.5 Å². The lowest BCUT2D eigenvalue weighted by atomic mass is 10.1. The maximum absolute atomic E-state index is 12.5. The molecule has 24 heavy (non-hydrogen) atoms. The van der Waals surface area contributed by atoms with Crippen LogP contribution in [0.4, 0.5) is 4.79 Å². The van der Waals surface area contributed by atoms with Gasteiger partial charge in [-0.1, -0.05) is 0 Å². The Kier molecular flexibility index (Phi) is 5.47. The van der Waals surface area contributed by atoms with E-state index in [0.29, 0.717) is 9.13 Å². The van der Waals surface area contributed by atoms with Crippen LogP contribution in [-0.2, 0) is 9.59 Å². The van der Waals surface area contributed by atoms with E-state index in [0.717, 1.165) is 9.80 Å². The van der Waals surface area contributed by atoms with Gasteiger partial charge in [-0.15, -0.1) is 0 Å². The van der Waals surface area contributed by atoms with Crippen LogP contribution in [0.1, 0.15) is 19.4 Å². The Labute approximate surface area is 153 Å². The highest BCUT2D eigenvalue weighted by atomic mass is 127. The van der Waals surface area contributed by atoms with Crippen molar-refractivity contribution in [2.75, 3.05) is 20.2 Å². The standard InChI is InChI=1S/C16H17IN2O5/c1-4-18-14(21)10(15(22)19(5-2)16(18)23)6-9-7-11(17)13(20)12(8-9)24-3/h6-8,20H,4-5H2,1-3H3. The maximum Gasteiger partial charge on any atom is 0.333 e. The van der Waals surface area contributed by atoms with Crippen LogP contribution < -0.4 is 4.74 Å². The number of phenolic OH excluding ortho intramolecular Hbond substituents is 1. The monoisotopic (exact) mass is 444 g/mol. The molecule has 1 N–H and O–H groups in total. The van der Waals surface area contributed by atoms with Gasteiger partial charge in [0, 0.05) is 13.1 Å². The largest absolute Gasteiger partial charge is 0.504 e. The number of barbiturate groups is 1. The molecule has 128 valence electrons. The number of rotatable bonds is 4. The molecule has 0 atom stereocenters. The van der Waals surface area contributed by atoms with Gasteiger partial charge in [0.25, 0.3) is 11.8 Å². The highest BCUT2D eigenvalue weighted by molar-refractivity contribution is 14.1. The van der Waals surface area contributed by atoms with Crippen molar-refractivity contribution in [2.24, 2.45) is 0 Å². The molecule has 4 amide bonds. The number of amides is 4. The van der Waals surface area contributed by atoms with Crippen molar-refractivity contribution < 1.29 is 24.2 Å². The summed E-state index contributed by atoms with van der Waals surface area (Å²) in [5.74, 6) is -1.03. The van der Waals surface area contributed by atoms with Gasteiger partial charge >= 0.3 is 6.03 Å². The SMILES string of the molecule is CCN1C(=O)C(=Cc2cc(I)c(O)c(OC)c2)C(=O)N(CC)C1=O. The second kappa shape index (κ2) is 7.20. The molecule has 1 heterocycles. The van der Waals surface area contributed by atoms with Crippen molar-refractivity contribution in [1.82, 2.24) is 9.80 Å². The zero-order valence-corrected chi connectivity index (χ0v) is 15.7. The summed E-state index contributed by atoms with van der Waals surface area (Å²) < 4.78 is 5.60. The quantitative estimate of drug-likeness (QED) is 0.437. The second-order valence-electron chi connectivity index (χ2n) is 4.99. The first kappa shape index (κ1) is 18.2. The van der Waals surface area contributed by atoms with Gasteiger partial charge < -0.3 is 9.84 Å². The minimum atomic E-state index is -0.626. The molecule has 8 heteroatoms. The Morgan fingerprint density at radius 1 is 1.12 bits per heavy atom. The zero-order chi connectivity index (χ0) is 18.0. The number of imide groups is 2. The number of aromatic hydroxyl groups is 1. The van der Waals surface area contributed by atoms with E-state index in [1.807, 2.05) is 22.6 Å². The summed E-state index contributed by atoms with van der Waals surface area (Å²) in [5, 5.41) is 9.88. The van der Waals surface area contributed by atoms with E-state index < -0.39 is 17.8 Å². The fourth-order valence-corrected chi connectivity index (χ4v) is 3.01. The predicted molar refractivity (Wildman–Crippen MR) is 95.5 cm³/mol. The van der Waals surface area contributed by atoms with Crippen LogP contribution in [0.15, 0.2) is 17.7 Å². The van der Waals surface area contributed by atoms with E-state index in [4.69, 9.17) is 4.74 Å². The smallest absolute Gasteiger partial charge is 0.333 e. The number of hydrogen-bond donors (Lipinski definition) is 1. The molecule has 1 aromatic rings. The summed E-state index contributed by atoms with van der Waals surface area (Å²) >= 11 is 1.93. The van der Waals surface area contributed by atoms with Gasteiger partial charge in [-0.3, -0.25) is 19.4 Å². The normalized spacial score (nSPS) is 15.2. The highest BCUT2D eigenvalue weighted by Crippen LogP contribution is 2.33. The Bertz CT molecular complexity index is 716. The Morgan fingerprint density at radius 2 is 1.67 bits per heavy atom. The average Bonchev–Trinajstić information content (AvgIpc) is 2.55. The number of carbonyl (C=O) groups is 3. The molecular weight excluding hydrogens is 427 g/mol. The number of carbonyl (C=O) groups excluding carboxylic acids is 3. The molecule has 1 aliphatic heterocycles. The van der Waals surface area contributed by atoms with Crippen LogP contribution in [-0.4, -0.2) is 53.0 Å². The van der Waals surface area contributed by atoms with E-state index in [1.54, 1.807) is 19.9 Å². The number of hydrogen-bond acceptors (Lipinski definition) is 5. The second-order valence-corrected chi connectivity index (χ2v) is 6.16. The number of likely N-dealkylation sites (N-methyl/N-ethyl adjacent to an activating group) is 2. The average molecular weight is 444 g/mol. The van der Waals surface area contributed by atoms with Gasteiger partial charge in [0.1, 0.15) is 5.57 Å². The Balaban J connectivity index is 2.54. The maximum atomic E-state index is 12.5. The molecule has 1 saturated heterocycles. The molecule has 7 nitrogen and oxygen atoms in total. The highest BCUT2D eigenvalue weighted by Gasteiger charge is 2.40. The fraction of sp³-hybridized carbons (Fsp3) is 0.312. The van der Waals surface area contributed by atoms with Gasteiger partial charge in [-0.25, -0.2) is 4.79 Å². The van der Waals surface area contributed by atoms with Crippen molar-refractivity contribution in [1.29, 1.82) is 0 Å². The molecule has 0 radical (unpaired) electrons. The third-order valence-corrected chi connectivity index (χ3v) is 4.45. The molecule has 1 aliphatic rings. The summed E-state index contributed by atoms with van der Waals surface area (Å²) in [4.78, 5) is 39.1. The van der Waals surface area contributed by atoms with E-state index >= 15 is 0 Å². The van der Waals surface area contributed by atoms with Gasteiger partial charge in [-0.05, 0) is 60.2 Å². The third-order valence-electron chi connectivity index (χ3n) is 3.63. The first-order valence-electron chi connectivity index (χ1n) is 7.31. The number of halogens is 1. The molecule has 0 aliphatic carbocycles. The first-order valence-corrected chi connectivity index (χ1v) is 8.39. The Hall–Kier alpha value is -2.10. The summed E-state index contributed by atoms with van der Waals surface area (Å²) in [6.45, 7) is 3.69.